The standard InChI is InChI=1S/C17H24N2S/c1-13(2)9-15-11-19(8-7-18-15)10-14-12-20-17-6-4-3-5-16(14)17/h3-6,12-13,15,18H,7-11H2,1-2H3. The quantitative estimate of drug-likeness (QED) is 0.922. The van der Waals surface area contributed by atoms with Crippen LogP contribution in [-0.2, 0) is 6.54 Å². The van der Waals surface area contributed by atoms with Crippen LogP contribution >= 0.6 is 11.3 Å². The molecule has 1 unspecified atom stereocenters. The zero-order valence-electron chi connectivity index (χ0n) is 12.4. The van der Waals surface area contributed by atoms with E-state index >= 15 is 0 Å². The molecule has 1 aliphatic heterocycles. The van der Waals surface area contributed by atoms with E-state index in [4.69, 9.17) is 0 Å². The van der Waals surface area contributed by atoms with Gasteiger partial charge in [0.2, 0.25) is 0 Å². The highest BCUT2D eigenvalue weighted by Gasteiger charge is 2.20. The second-order valence-electron chi connectivity index (χ2n) is 6.27. The fraction of sp³-hybridized carbons (Fsp3) is 0.529. The van der Waals surface area contributed by atoms with Crippen LogP contribution in [0.5, 0.6) is 0 Å². The van der Waals surface area contributed by atoms with Crippen molar-refractivity contribution < 1.29 is 0 Å². The average molecular weight is 288 g/mol. The lowest BCUT2D eigenvalue weighted by Gasteiger charge is -2.34. The Morgan fingerprint density at radius 1 is 1.35 bits per heavy atom. The Morgan fingerprint density at radius 3 is 3.05 bits per heavy atom. The largest absolute Gasteiger partial charge is 0.311 e. The number of nitrogens with zero attached hydrogens (tertiary/aromatic N) is 1. The lowest BCUT2D eigenvalue weighted by Crippen LogP contribution is -2.50. The van der Waals surface area contributed by atoms with Gasteiger partial charge in [0.05, 0.1) is 0 Å². The normalized spacial score (nSPS) is 20.9. The monoisotopic (exact) mass is 288 g/mol. The van der Waals surface area contributed by atoms with Crippen LogP contribution in [0.4, 0.5) is 0 Å². The lowest BCUT2D eigenvalue weighted by atomic mass is 10.0. The molecule has 1 aromatic heterocycles. The van der Waals surface area contributed by atoms with Crippen LogP contribution in [0.2, 0.25) is 0 Å². The van der Waals surface area contributed by atoms with Gasteiger partial charge < -0.3 is 5.32 Å². The number of thiophene rings is 1. The molecular weight excluding hydrogens is 264 g/mol. The summed E-state index contributed by atoms with van der Waals surface area (Å²) in [7, 11) is 0. The molecule has 0 bridgehead atoms. The minimum absolute atomic E-state index is 0.661. The highest BCUT2D eigenvalue weighted by Crippen LogP contribution is 2.27. The van der Waals surface area contributed by atoms with E-state index in [0.717, 1.165) is 19.0 Å². The molecule has 0 radical (unpaired) electrons. The van der Waals surface area contributed by atoms with Gasteiger partial charge in [-0.15, -0.1) is 11.3 Å². The summed E-state index contributed by atoms with van der Waals surface area (Å²) in [6.07, 6.45) is 1.28. The number of piperazine rings is 1. The van der Waals surface area contributed by atoms with Crippen LogP contribution in [0.1, 0.15) is 25.8 Å². The molecule has 1 aromatic carbocycles. The van der Waals surface area contributed by atoms with Gasteiger partial charge in [-0.1, -0.05) is 32.0 Å². The number of hydrogen-bond donors (Lipinski definition) is 1. The second kappa shape index (κ2) is 6.25. The van der Waals surface area contributed by atoms with Gasteiger partial charge in [-0.2, -0.15) is 0 Å². The Bertz CT molecular complexity index is 561. The highest BCUT2D eigenvalue weighted by molar-refractivity contribution is 7.17. The number of fused-ring (bicyclic) bond motifs is 1. The summed E-state index contributed by atoms with van der Waals surface area (Å²) in [5.74, 6) is 0.773. The van der Waals surface area contributed by atoms with Gasteiger partial charge in [0.15, 0.2) is 0 Å². The molecule has 20 heavy (non-hydrogen) atoms. The summed E-state index contributed by atoms with van der Waals surface area (Å²) >= 11 is 1.87. The molecule has 2 aromatic rings. The van der Waals surface area contributed by atoms with Gasteiger partial charge in [-0.3, -0.25) is 4.90 Å². The zero-order valence-corrected chi connectivity index (χ0v) is 13.2. The van der Waals surface area contributed by atoms with E-state index in [1.54, 1.807) is 0 Å². The summed E-state index contributed by atoms with van der Waals surface area (Å²) in [5, 5.41) is 7.44. The van der Waals surface area contributed by atoms with E-state index in [0.29, 0.717) is 6.04 Å². The first-order valence-corrected chi connectivity index (χ1v) is 8.51. The summed E-state index contributed by atoms with van der Waals surface area (Å²) in [5.41, 5.74) is 1.50. The molecule has 2 nitrogen and oxygen atoms in total. The Kier molecular flexibility index (Phi) is 4.39. The first kappa shape index (κ1) is 14.1. The predicted octanol–water partition coefficient (Wildman–Crippen LogP) is 3.72. The molecule has 1 atom stereocenters. The lowest BCUT2D eigenvalue weighted by molar-refractivity contribution is 0.180. The number of benzene rings is 1. The summed E-state index contributed by atoms with van der Waals surface area (Å²) in [6, 6.07) is 9.43. The first-order valence-electron chi connectivity index (χ1n) is 7.63. The van der Waals surface area contributed by atoms with E-state index in [1.165, 1.54) is 35.2 Å². The third kappa shape index (κ3) is 3.22. The molecule has 3 heteroatoms. The Balaban J connectivity index is 1.68. The van der Waals surface area contributed by atoms with Crippen molar-refractivity contribution in [3.05, 3.63) is 35.2 Å². The smallest absolute Gasteiger partial charge is 0.0346 e. The molecular formula is C17H24N2S. The fourth-order valence-corrected chi connectivity index (χ4v) is 4.11. The SMILES string of the molecule is CC(C)CC1CN(Cc2csc3ccccc23)CCN1. The number of hydrogen-bond acceptors (Lipinski definition) is 3. The summed E-state index contributed by atoms with van der Waals surface area (Å²) in [6.45, 7) is 9.20. The molecule has 0 saturated carbocycles. The Hall–Kier alpha value is -0.900. The molecule has 1 N–H and O–H groups in total. The molecule has 0 aliphatic carbocycles. The van der Waals surface area contributed by atoms with Crippen LogP contribution in [0, 0.1) is 5.92 Å². The van der Waals surface area contributed by atoms with Gasteiger partial charge in [-0.05, 0) is 34.7 Å². The Morgan fingerprint density at radius 2 is 2.20 bits per heavy atom. The molecule has 1 saturated heterocycles. The van der Waals surface area contributed by atoms with E-state index in [1.807, 2.05) is 11.3 Å². The molecule has 3 rings (SSSR count). The van der Waals surface area contributed by atoms with Crippen LogP contribution in [0.3, 0.4) is 0 Å². The van der Waals surface area contributed by atoms with E-state index in [9.17, 15) is 0 Å². The van der Waals surface area contributed by atoms with Crippen molar-refractivity contribution in [1.82, 2.24) is 10.2 Å². The number of rotatable bonds is 4. The van der Waals surface area contributed by atoms with Crippen molar-refractivity contribution in [2.24, 2.45) is 5.92 Å². The van der Waals surface area contributed by atoms with Gasteiger partial charge in [-0.25, -0.2) is 0 Å². The van der Waals surface area contributed by atoms with Crippen molar-refractivity contribution in [3.8, 4) is 0 Å². The molecule has 1 fully saturated rings. The summed E-state index contributed by atoms with van der Waals surface area (Å²) in [4.78, 5) is 2.61. The summed E-state index contributed by atoms with van der Waals surface area (Å²) < 4.78 is 1.41. The zero-order chi connectivity index (χ0) is 13.9. The minimum Gasteiger partial charge on any atom is -0.311 e. The van der Waals surface area contributed by atoms with Gasteiger partial charge >= 0.3 is 0 Å². The van der Waals surface area contributed by atoms with Crippen molar-refractivity contribution >= 4 is 21.4 Å². The van der Waals surface area contributed by atoms with Crippen molar-refractivity contribution in [2.75, 3.05) is 19.6 Å². The molecule has 0 spiro atoms. The van der Waals surface area contributed by atoms with Crippen molar-refractivity contribution in [3.63, 3.8) is 0 Å². The maximum absolute atomic E-state index is 3.66. The molecule has 2 heterocycles. The van der Waals surface area contributed by atoms with E-state index < -0.39 is 0 Å². The van der Waals surface area contributed by atoms with Crippen LogP contribution in [0.15, 0.2) is 29.6 Å². The second-order valence-corrected chi connectivity index (χ2v) is 7.18. The van der Waals surface area contributed by atoms with Crippen LogP contribution < -0.4 is 5.32 Å². The van der Waals surface area contributed by atoms with E-state index in [2.05, 4.69) is 53.7 Å². The molecule has 0 amide bonds. The maximum atomic E-state index is 3.66. The third-order valence-corrected chi connectivity index (χ3v) is 5.06. The van der Waals surface area contributed by atoms with Gasteiger partial charge in [0.25, 0.3) is 0 Å². The van der Waals surface area contributed by atoms with Gasteiger partial charge in [0, 0.05) is 36.9 Å². The Labute approximate surface area is 125 Å². The minimum atomic E-state index is 0.661. The van der Waals surface area contributed by atoms with Crippen LogP contribution in [0.25, 0.3) is 10.1 Å². The molecule has 108 valence electrons. The first-order chi connectivity index (χ1) is 9.72. The van der Waals surface area contributed by atoms with E-state index in [-0.39, 0.29) is 0 Å². The topological polar surface area (TPSA) is 15.3 Å². The van der Waals surface area contributed by atoms with Crippen LogP contribution in [-0.4, -0.2) is 30.6 Å². The average Bonchev–Trinajstić information content (AvgIpc) is 2.82. The van der Waals surface area contributed by atoms with Crippen molar-refractivity contribution in [1.29, 1.82) is 0 Å². The predicted molar refractivity (Wildman–Crippen MR) is 88.3 cm³/mol. The highest BCUT2D eigenvalue weighted by atomic mass is 32.1. The fourth-order valence-electron chi connectivity index (χ4n) is 3.16. The maximum Gasteiger partial charge on any atom is 0.0346 e. The molecule has 1 aliphatic rings. The third-order valence-electron chi connectivity index (χ3n) is 4.05. The number of nitrogens with one attached hydrogen (secondary N) is 1. The van der Waals surface area contributed by atoms with Gasteiger partial charge in [0.1, 0.15) is 0 Å². The van der Waals surface area contributed by atoms with Crippen molar-refractivity contribution in [2.45, 2.75) is 32.9 Å².